The lowest BCUT2D eigenvalue weighted by molar-refractivity contribution is 0.0954. The number of aromatic nitrogens is 4. The fourth-order valence-electron chi connectivity index (χ4n) is 4.25. The first-order valence-electron chi connectivity index (χ1n) is 11.2. The molecule has 0 saturated carbocycles. The highest BCUT2D eigenvalue weighted by Gasteiger charge is 2.14. The van der Waals surface area contributed by atoms with Gasteiger partial charge in [0.25, 0.3) is 11.5 Å². The quantitative estimate of drug-likeness (QED) is 0.474. The van der Waals surface area contributed by atoms with Crippen LogP contribution in [0.15, 0.2) is 53.3 Å². The first-order chi connectivity index (χ1) is 15.9. The van der Waals surface area contributed by atoms with E-state index in [0.717, 1.165) is 29.9 Å². The van der Waals surface area contributed by atoms with Crippen LogP contribution in [0.1, 0.15) is 45.5 Å². The molecule has 7 heteroatoms. The van der Waals surface area contributed by atoms with Crippen molar-refractivity contribution >= 4 is 16.9 Å². The summed E-state index contributed by atoms with van der Waals surface area (Å²) in [4.78, 5) is 30.0. The summed E-state index contributed by atoms with van der Waals surface area (Å²) in [6, 6.07) is 15.1. The number of nitrogens with one attached hydrogen (secondary N) is 1. The number of aryl methyl sites for hydroxylation is 3. The Morgan fingerprint density at radius 2 is 1.79 bits per heavy atom. The molecular weight excluding hydrogens is 414 g/mol. The Labute approximate surface area is 193 Å². The monoisotopic (exact) mass is 443 g/mol. The highest BCUT2D eigenvalue weighted by molar-refractivity contribution is 5.97. The molecule has 0 spiro atoms. The number of hydrogen-bond acceptors (Lipinski definition) is 4. The lowest BCUT2D eigenvalue weighted by Gasteiger charge is -2.12. The molecule has 33 heavy (non-hydrogen) atoms. The maximum atomic E-state index is 12.8. The van der Waals surface area contributed by atoms with Gasteiger partial charge in [0.15, 0.2) is 0 Å². The summed E-state index contributed by atoms with van der Waals surface area (Å²) in [5.74, 6) is -0.157. The number of hydrogen-bond donors (Lipinski definition) is 1. The van der Waals surface area contributed by atoms with Gasteiger partial charge in [-0.1, -0.05) is 30.3 Å². The zero-order valence-corrected chi connectivity index (χ0v) is 19.6. The van der Waals surface area contributed by atoms with Crippen LogP contribution in [0.4, 0.5) is 0 Å². The van der Waals surface area contributed by atoms with Crippen molar-refractivity contribution in [2.75, 3.05) is 6.54 Å². The molecular formula is C26H29N5O2. The molecule has 0 radical (unpaired) electrons. The Morgan fingerprint density at radius 1 is 1.03 bits per heavy atom. The largest absolute Gasteiger partial charge is 0.352 e. The van der Waals surface area contributed by atoms with Crippen molar-refractivity contribution in [2.24, 2.45) is 0 Å². The minimum Gasteiger partial charge on any atom is -0.352 e. The highest BCUT2D eigenvalue weighted by atomic mass is 16.1. The van der Waals surface area contributed by atoms with Gasteiger partial charge < -0.3 is 9.88 Å². The second-order valence-corrected chi connectivity index (χ2v) is 8.25. The summed E-state index contributed by atoms with van der Waals surface area (Å²) in [7, 11) is 0. The lowest BCUT2D eigenvalue weighted by atomic mass is 10.1. The molecule has 7 nitrogen and oxygen atoms in total. The SMILES string of the molecule is CCn1nc(C)c(CCNC(=O)c2ccc3c(c2)nc(C)c(=O)n3Cc2ccccc2)c1C. The van der Waals surface area contributed by atoms with Gasteiger partial charge in [0.05, 0.1) is 23.3 Å². The molecule has 4 rings (SSSR count). The molecule has 170 valence electrons. The van der Waals surface area contributed by atoms with Gasteiger partial charge in [0.1, 0.15) is 5.69 Å². The van der Waals surface area contributed by atoms with Gasteiger partial charge in [0.2, 0.25) is 0 Å². The molecule has 0 aliphatic carbocycles. The van der Waals surface area contributed by atoms with E-state index in [-0.39, 0.29) is 11.5 Å². The zero-order valence-electron chi connectivity index (χ0n) is 19.6. The van der Waals surface area contributed by atoms with Crippen molar-refractivity contribution in [3.8, 4) is 0 Å². The van der Waals surface area contributed by atoms with Crippen LogP contribution < -0.4 is 10.9 Å². The summed E-state index contributed by atoms with van der Waals surface area (Å²) < 4.78 is 3.70. The number of benzene rings is 2. The summed E-state index contributed by atoms with van der Waals surface area (Å²) in [5, 5.41) is 7.54. The Balaban J connectivity index is 1.54. The lowest BCUT2D eigenvalue weighted by Crippen LogP contribution is -2.27. The molecule has 2 aromatic carbocycles. The van der Waals surface area contributed by atoms with Gasteiger partial charge in [-0.25, -0.2) is 4.98 Å². The Morgan fingerprint density at radius 3 is 2.48 bits per heavy atom. The predicted octanol–water partition coefficient (Wildman–Crippen LogP) is 3.56. The minimum absolute atomic E-state index is 0.123. The number of rotatable bonds is 7. The van der Waals surface area contributed by atoms with Crippen LogP contribution in [-0.4, -0.2) is 31.8 Å². The first-order valence-corrected chi connectivity index (χ1v) is 11.2. The molecule has 0 aliphatic rings. The summed E-state index contributed by atoms with van der Waals surface area (Å²) >= 11 is 0. The Kier molecular flexibility index (Phi) is 6.40. The minimum atomic E-state index is -0.157. The normalized spacial score (nSPS) is 11.2. The summed E-state index contributed by atoms with van der Waals surface area (Å²) in [6.45, 7) is 9.65. The van der Waals surface area contributed by atoms with Gasteiger partial charge in [-0.05, 0) is 63.4 Å². The fourth-order valence-corrected chi connectivity index (χ4v) is 4.25. The molecule has 0 saturated heterocycles. The first kappa shape index (κ1) is 22.5. The Hall–Kier alpha value is -3.74. The van der Waals surface area contributed by atoms with Crippen molar-refractivity contribution in [3.63, 3.8) is 0 Å². The van der Waals surface area contributed by atoms with Crippen LogP contribution in [0.5, 0.6) is 0 Å². The second-order valence-electron chi connectivity index (χ2n) is 8.25. The van der Waals surface area contributed by atoms with Crippen LogP contribution in [0.25, 0.3) is 11.0 Å². The molecule has 1 N–H and O–H groups in total. The molecule has 4 aromatic rings. The third kappa shape index (κ3) is 4.58. The van der Waals surface area contributed by atoms with Gasteiger partial charge in [-0.15, -0.1) is 0 Å². The topological polar surface area (TPSA) is 81.8 Å². The molecule has 0 bridgehead atoms. The molecule has 1 amide bonds. The molecule has 2 aromatic heterocycles. The van der Waals surface area contributed by atoms with E-state index in [9.17, 15) is 9.59 Å². The van der Waals surface area contributed by atoms with Crippen LogP contribution in [0.2, 0.25) is 0 Å². The fraction of sp³-hybridized carbons (Fsp3) is 0.308. The maximum absolute atomic E-state index is 12.8. The molecule has 0 fully saturated rings. The van der Waals surface area contributed by atoms with E-state index in [2.05, 4.69) is 29.2 Å². The van der Waals surface area contributed by atoms with E-state index in [4.69, 9.17) is 0 Å². The number of amides is 1. The van der Waals surface area contributed by atoms with Crippen LogP contribution in [-0.2, 0) is 19.5 Å². The number of carbonyl (C=O) groups excluding carboxylic acids is 1. The number of nitrogens with zero attached hydrogens (tertiary/aromatic N) is 4. The second kappa shape index (κ2) is 9.40. The number of fused-ring (bicyclic) bond motifs is 1. The van der Waals surface area contributed by atoms with E-state index in [1.54, 1.807) is 29.7 Å². The third-order valence-corrected chi connectivity index (χ3v) is 6.05. The zero-order chi connectivity index (χ0) is 23.5. The maximum Gasteiger partial charge on any atom is 0.272 e. The van der Waals surface area contributed by atoms with E-state index in [0.29, 0.717) is 35.4 Å². The van der Waals surface area contributed by atoms with Gasteiger partial charge in [0, 0.05) is 24.3 Å². The molecule has 0 aliphatic heterocycles. The summed E-state index contributed by atoms with van der Waals surface area (Å²) in [5.41, 5.74) is 6.52. The van der Waals surface area contributed by atoms with Crippen LogP contribution in [0, 0.1) is 20.8 Å². The van der Waals surface area contributed by atoms with Gasteiger partial charge in [-0.3, -0.25) is 14.3 Å². The van der Waals surface area contributed by atoms with Crippen molar-refractivity contribution < 1.29 is 4.79 Å². The summed E-state index contributed by atoms with van der Waals surface area (Å²) in [6.07, 6.45) is 0.727. The molecule has 2 heterocycles. The molecule has 0 unspecified atom stereocenters. The van der Waals surface area contributed by atoms with E-state index in [1.807, 2.05) is 41.9 Å². The smallest absolute Gasteiger partial charge is 0.272 e. The van der Waals surface area contributed by atoms with Crippen molar-refractivity contribution in [1.29, 1.82) is 0 Å². The van der Waals surface area contributed by atoms with Gasteiger partial charge >= 0.3 is 0 Å². The van der Waals surface area contributed by atoms with Crippen molar-refractivity contribution in [1.82, 2.24) is 24.6 Å². The average molecular weight is 444 g/mol. The average Bonchev–Trinajstić information content (AvgIpc) is 3.09. The van der Waals surface area contributed by atoms with Crippen LogP contribution >= 0.6 is 0 Å². The highest BCUT2D eigenvalue weighted by Crippen LogP contribution is 2.16. The van der Waals surface area contributed by atoms with Crippen LogP contribution in [0.3, 0.4) is 0 Å². The standard InChI is InChI=1S/C26H29N5O2/c1-5-31-19(4)22(17(2)29-31)13-14-27-25(32)21-11-12-24-23(15-21)28-18(3)26(33)30(24)16-20-9-7-6-8-10-20/h6-12,15H,5,13-14,16H2,1-4H3,(H,27,32). The third-order valence-electron chi connectivity index (χ3n) is 6.05. The van der Waals surface area contributed by atoms with Gasteiger partial charge in [-0.2, -0.15) is 5.10 Å². The van der Waals surface area contributed by atoms with E-state index < -0.39 is 0 Å². The van der Waals surface area contributed by atoms with Crippen molar-refractivity contribution in [3.05, 3.63) is 92.7 Å². The predicted molar refractivity (Wildman–Crippen MR) is 130 cm³/mol. The van der Waals surface area contributed by atoms with E-state index >= 15 is 0 Å². The Bertz CT molecular complexity index is 1370. The number of carbonyl (C=O) groups is 1. The van der Waals surface area contributed by atoms with Crippen molar-refractivity contribution in [2.45, 2.75) is 47.2 Å². The molecule has 0 atom stereocenters. The van der Waals surface area contributed by atoms with E-state index in [1.165, 1.54) is 5.56 Å².